The number of carbonyl (C=O) groups is 2. The number of nitrogens with zero attached hydrogens (tertiary/aromatic N) is 1. The predicted molar refractivity (Wildman–Crippen MR) is 99.9 cm³/mol. The number of hydrazone groups is 1. The van der Waals surface area contributed by atoms with E-state index in [0.29, 0.717) is 10.6 Å². The van der Waals surface area contributed by atoms with Gasteiger partial charge in [0.25, 0.3) is 5.91 Å². The number of carbonyl (C=O) groups excluding carboxylic acids is 2. The molecule has 0 spiro atoms. The van der Waals surface area contributed by atoms with Crippen LogP contribution in [-0.2, 0) is 4.79 Å². The van der Waals surface area contributed by atoms with Crippen molar-refractivity contribution < 1.29 is 19.4 Å². The fraction of sp³-hybridized carbons (Fsp3) is 0.167. The Labute approximate surface area is 160 Å². The first-order chi connectivity index (χ1) is 12.2. The Morgan fingerprint density at radius 2 is 1.92 bits per heavy atom. The average molecular weight is 395 g/mol. The highest BCUT2D eigenvalue weighted by atomic mass is 35.5. The molecule has 2 aromatic carbocycles. The van der Waals surface area contributed by atoms with Crippen LogP contribution < -0.4 is 10.2 Å². The molecule has 26 heavy (non-hydrogen) atoms. The third kappa shape index (κ3) is 5.56. The van der Waals surface area contributed by atoms with Crippen LogP contribution in [0.3, 0.4) is 0 Å². The molecule has 0 radical (unpaired) electrons. The molecule has 0 heterocycles. The average Bonchev–Trinajstić information content (AvgIpc) is 2.54. The second-order valence-electron chi connectivity index (χ2n) is 5.84. The van der Waals surface area contributed by atoms with Crippen LogP contribution >= 0.6 is 23.2 Å². The summed E-state index contributed by atoms with van der Waals surface area (Å²) in [6.45, 7) is 2.69. The predicted octanol–water partition coefficient (Wildman–Crippen LogP) is 3.43. The maximum Gasteiger partial charge on any atom is 0.345 e. The van der Waals surface area contributed by atoms with Crippen molar-refractivity contribution in [2.45, 2.75) is 19.4 Å². The fourth-order valence-corrected chi connectivity index (χ4v) is 2.26. The number of hydrogen-bond donors (Lipinski definition) is 2. The topological polar surface area (TPSA) is 88.0 Å². The highest BCUT2D eigenvalue weighted by Gasteiger charge is 2.22. The van der Waals surface area contributed by atoms with Crippen LogP contribution in [0.1, 0.15) is 29.8 Å². The van der Waals surface area contributed by atoms with Crippen LogP contribution in [0.5, 0.6) is 5.75 Å². The lowest BCUT2D eigenvalue weighted by Crippen LogP contribution is -2.39. The Hall–Kier alpha value is -2.41. The zero-order valence-electron chi connectivity index (χ0n) is 14.0. The zero-order chi connectivity index (χ0) is 19.3. The number of rotatable bonds is 5. The summed E-state index contributed by atoms with van der Waals surface area (Å²) in [5, 5.41) is 13.9. The van der Waals surface area contributed by atoms with E-state index in [1.165, 1.54) is 32.2 Å². The lowest BCUT2D eigenvalue weighted by Gasteiger charge is -2.13. The first-order valence-electron chi connectivity index (χ1n) is 7.50. The summed E-state index contributed by atoms with van der Waals surface area (Å²) < 4.78 is 5.29. The molecule has 1 amide bonds. The maximum atomic E-state index is 12.2. The molecule has 0 aliphatic heterocycles. The minimum absolute atomic E-state index is 0.188. The third-order valence-corrected chi connectivity index (χ3v) is 3.70. The van der Waals surface area contributed by atoms with E-state index in [2.05, 4.69) is 10.5 Å². The molecular formula is C18H16Cl2N2O4. The Morgan fingerprint density at radius 3 is 2.58 bits per heavy atom. The van der Waals surface area contributed by atoms with Crippen molar-refractivity contribution in [2.24, 2.45) is 5.10 Å². The van der Waals surface area contributed by atoms with Crippen molar-refractivity contribution >= 4 is 41.3 Å². The largest absolute Gasteiger partial charge is 0.423 e. The molecule has 136 valence electrons. The molecule has 0 aliphatic rings. The van der Waals surface area contributed by atoms with Gasteiger partial charge in [-0.15, -0.1) is 0 Å². The number of nitrogens with one attached hydrogen (secondary N) is 1. The minimum Gasteiger partial charge on any atom is -0.423 e. The summed E-state index contributed by atoms with van der Waals surface area (Å²) in [5.74, 6) is -0.997. The van der Waals surface area contributed by atoms with Crippen LogP contribution in [0.25, 0.3) is 0 Å². The van der Waals surface area contributed by atoms with Gasteiger partial charge in [-0.25, -0.2) is 10.2 Å². The molecule has 0 unspecified atom stereocenters. The van der Waals surface area contributed by atoms with Gasteiger partial charge in [0.1, 0.15) is 11.4 Å². The van der Waals surface area contributed by atoms with Gasteiger partial charge in [-0.2, -0.15) is 5.10 Å². The molecule has 6 nitrogen and oxygen atoms in total. The number of benzene rings is 2. The summed E-state index contributed by atoms with van der Waals surface area (Å²) in [6, 6.07) is 11.0. The molecule has 0 aliphatic carbocycles. The standard InChI is InChI=1S/C18H16Cl2N2O4/c1-18(2,25)17(24)22-21-10-11-4-3-5-13(8-11)26-16(23)14-7-6-12(19)9-15(14)20/h3-10,25H,1-2H3,(H,22,24)/b21-10+. The summed E-state index contributed by atoms with van der Waals surface area (Å²) in [4.78, 5) is 23.7. The summed E-state index contributed by atoms with van der Waals surface area (Å²) >= 11 is 11.8. The maximum absolute atomic E-state index is 12.2. The van der Waals surface area contributed by atoms with Gasteiger partial charge in [0.15, 0.2) is 0 Å². The van der Waals surface area contributed by atoms with Crippen LogP contribution in [0.2, 0.25) is 10.0 Å². The number of hydrogen-bond acceptors (Lipinski definition) is 5. The van der Waals surface area contributed by atoms with Crippen molar-refractivity contribution in [1.82, 2.24) is 5.43 Å². The van der Waals surface area contributed by atoms with Gasteiger partial charge >= 0.3 is 5.97 Å². The van der Waals surface area contributed by atoms with Crippen molar-refractivity contribution in [3.63, 3.8) is 0 Å². The van der Waals surface area contributed by atoms with E-state index in [9.17, 15) is 14.7 Å². The van der Waals surface area contributed by atoms with Crippen molar-refractivity contribution in [3.8, 4) is 5.75 Å². The Kier molecular flexibility index (Phi) is 6.37. The minimum atomic E-state index is -1.54. The highest BCUT2D eigenvalue weighted by molar-refractivity contribution is 6.36. The quantitative estimate of drug-likeness (QED) is 0.351. The van der Waals surface area contributed by atoms with E-state index in [1.54, 1.807) is 30.3 Å². The number of aliphatic hydroxyl groups is 1. The number of ether oxygens (including phenoxy) is 1. The summed E-state index contributed by atoms with van der Waals surface area (Å²) in [5.41, 5.74) is 1.44. The molecule has 2 rings (SSSR count). The van der Waals surface area contributed by atoms with E-state index in [4.69, 9.17) is 27.9 Å². The molecule has 2 aromatic rings. The second kappa shape index (κ2) is 8.31. The summed E-state index contributed by atoms with van der Waals surface area (Å²) in [7, 11) is 0. The number of esters is 1. The van der Waals surface area contributed by atoms with E-state index in [0.717, 1.165) is 0 Å². The zero-order valence-corrected chi connectivity index (χ0v) is 15.5. The van der Waals surface area contributed by atoms with Gasteiger partial charge in [0, 0.05) is 5.02 Å². The van der Waals surface area contributed by atoms with Crippen molar-refractivity contribution in [3.05, 3.63) is 63.6 Å². The molecule has 0 bridgehead atoms. The molecule has 0 saturated heterocycles. The van der Waals surface area contributed by atoms with Gasteiger partial charge in [-0.3, -0.25) is 4.79 Å². The van der Waals surface area contributed by atoms with Gasteiger partial charge in [-0.1, -0.05) is 35.3 Å². The van der Waals surface area contributed by atoms with Gasteiger partial charge in [0.2, 0.25) is 0 Å². The van der Waals surface area contributed by atoms with Crippen LogP contribution in [-0.4, -0.2) is 28.8 Å². The molecular weight excluding hydrogens is 379 g/mol. The van der Waals surface area contributed by atoms with Crippen molar-refractivity contribution in [1.29, 1.82) is 0 Å². The van der Waals surface area contributed by atoms with E-state index >= 15 is 0 Å². The van der Waals surface area contributed by atoms with Crippen LogP contribution in [0.4, 0.5) is 0 Å². The normalized spacial score (nSPS) is 11.4. The first-order valence-corrected chi connectivity index (χ1v) is 8.25. The number of amides is 1. The van der Waals surface area contributed by atoms with Crippen LogP contribution in [0, 0.1) is 0 Å². The number of halogens is 2. The SMILES string of the molecule is CC(C)(O)C(=O)N/N=C/c1cccc(OC(=O)c2ccc(Cl)cc2Cl)c1. The van der Waals surface area contributed by atoms with Gasteiger partial charge in [0.05, 0.1) is 16.8 Å². The molecule has 2 N–H and O–H groups in total. The van der Waals surface area contributed by atoms with Gasteiger partial charge in [-0.05, 0) is 49.7 Å². The molecule has 0 atom stereocenters. The van der Waals surface area contributed by atoms with E-state index < -0.39 is 17.5 Å². The highest BCUT2D eigenvalue weighted by Crippen LogP contribution is 2.23. The lowest BCUT2D eigenvalue weighted by atomic mass is 10.1. The fourth-order valence-electron chi connectivity index (χ4n) is 1.78. The Morgan fingerprint density at radius 1 is 1.19 bits per heavy atom. The van der Waals surface area contributed by atoms with E-state index in [1.807, 2.05) is 0 Å². The van der Waals surface area contributed by atoms with Gasteiger partial charge < -0.3 is 9.84 Å². The first kappa shape index (κ1) is 19.9. The Balaban J connectivity index is 2.07. The van der Waals surface area contributed by atoms with Crippen LogP contribution in [0.15, 0.2) is 47.6 Å². The lowest BCUT2D eigenvalue weighted by molar-refractivity contribution is -0.136. The molecule has 8 heteroatoms. The summed E-state index contributed by atoms with van der Waals surface area (Å²) in [6.07, 6.45) is 1.36. The monoisotopic (exact) mass is 394 g/mol. The third-order valence-electron chi connectivity index (χ3n) is 3.16. The smallest absolute Gasteiger partial charge is 0.345 e. The van der Waals surface area contributed by atoms with E-state index in [-0.39, 0.29) is 16.3 Å². The van der Waals surface area contributed by atoms with Crippen molar-refractivity contribution in [2.75, 3.05) is 0 Å². The Bertz CT molecular complexity index is 861. The second-order valence-corrected chi connectivity index (χ2v) is 6.69. The molecule has 0 saturated carbocycles. The molecule has 0 fully saturated rings. The molecule has 0 aromatic heterocycles.